The number of fused-ring (bicyclic) bond motifs is 1. The number of sulfonamides is 1. The quantitative estimate of drug-likeness (QED) is 0.124. The van der Waals surface area contributed by atoms with Crippen molar-refractivity contribution in [1.29, 1.82) is 0 Å². The van der Waals surface area contributed by atoms with E-state index < -0.39 is 21.8 Å². The molecule has 0 spiro atoms. The number of rotatable bonds is 13. The molecule has 7 nitrogen and oxygen atoms in total. The molecule has 0 saturated carbocycles. The second-order valence-electron chi connectivity index (χ2n) is 11.8. The molecule has 0 aliphatic heterocycles. The summed E-state index contributed by atoms with van der Waals surface area (Å²) in [5.74, 6) is -1.25. The minimum atomic E-state index is -4.13. The van der Waals surface area contributed by atoms with Gasteiger partial charge in [0.2, 0.25) is 10.0 Å². The molecule has 0 aliphatic carbocycles. The molecule has 0 aliphatic rings. The van der Waals surface area contributed by atoms with Gasteiger partial charge in [-0.15, -0.1) is 0 Å². The van der Waals surface area contributed by atoms with E-state index in [0.717, 1.165) is 45.4 Å². The molecule has 6 aromatic rings. The van der Waals surface area contributed by atoms with Crippen LogP contribution < -0.4 is 9.46 Å². The van der Waals surface area contributed by atoms with E-state index in [0.29, 0.717) is 17.2 Å². The molecule has 0 amide bonds. The van der Waals surface area contributed by atoms with Crippen LogP contribution in [0, 0.1) is 12.7 Å². The highest BCUT2D eigenvalue weighted by Gasteiger charge is 2.27. The number of carboxylic acids is 1. The molecule has 0 atom stereocenters. The van der Waals surface area contributed by atoms with E-state index in [4.69, 9.17) is 27.9 Å². The fourth-order valence-corrected chi connectivity index (χ4v) is 8.00. The van der Waals surface area contributed by atoms with E-state index in [1.807, 2.05) is 54.6 Å². The minimum Gasteiger partial charge on any atom is -0.493 e. The summed E-state index contributed by atoms with van der Waals surface area (Å²) in [5.41, 5.74) is 5.15. The van der Waals surface area contributed by atoms with Gasteiger partial charge in [-0.25, -0.2) is 22.3 Å². The maximum absolute atomic E-state index is 14.3. The van der Waals surface area contributed by atoms with Crippen LogP contribution in [0.15, 0.2) is 120 Å². The third kappa shape index (κ3) is 7.56. The predicted octanol–water partition coefficient (Wildman–Crippen LogP) is 8.87. The highest BCUT2D eigenvalue weighted by molar-refractivity contribution is 7.89. The third-order valence-corrected chi connectivity index (χ3v) is 10.8. The Hall–Kier alpha value is -4.67. The summed E-state index contributed by atoms with van der Waals surface area (Å²) >= 11 is 12.7. The fraction of sp³-hybridized carbons (Fsp3) is 0.154. The van der Waals surface area contributed by atoms with Crippen molar-refractivity contribution in [2.24, 2.45) is 0 Å². The van der Waals surface area contributed by atoms with Crippen LogP contribution in [0.2, 0.25) is 10.0 Å². The molecule has 0 radical (unpaired) electrons. The number of ether oxygens (including phenoxy) is 1. The zero-order valence-electron chi connectivity index (χ0n) is 26.9. The molecule has 0 unspecified atom stereocenters. The van der Waals surface area contributed by atoms with E-state index in [1.54, 1.807) is 12.1 Å². The first-order valence-corrected chi connectivity index (χ1v) is 18.1. The van der Waals surface area contributed by atoms with E-state index in [1.165, 1.54) is 19.1 Å². The van der Waals surface area contributed by atoms with Gasteiger partial charge in [0.25, 0.3) is 0 Å². The van der Waals surface area contributed by atoms with Gasteiger partial charge < -0.3 is 14.4 Å². The van der Waals surface area contributed by atoms with Gasteiger partial charge in [0.1, 0.15) is 11.6 Å². The summed E-state index contributed by atoms with van der Waals surface area (Å²) in [6.07, 6.45) is 0.702. The summed E-state index contributed by atoms with van der Waals surface area (Å²) in [6, 6.07) is 33.8. The van der Waals surface area contributed by atoms with Gasteiger partial charge in [-0.1, -0.05) is 83.9 Å². The summed E-state index contributed by atoms with van der Waals surface area (Å²) in [6.45, 7) is 1.79. The van der Waals surface area contributed by atoms with Gasteiger partial charge in [-0.05, 0) is 83.8 Å². The minimum absolute atomic E-state index is 0.000761. The Morgan fingerprint density at radius 3 is 2.14 bits per heavy atom. The third-order valence-electron chi connectivity index (χ3n) is 8.60. The Bertz CT molecular complexity index is 2220. The molecule has 50 heavy (non-hydrogen) atoms. The second kappa shape index (κ2) is 15.1. The van der Waals surface area contributed by atoms with Crippen LogP contribution in [-0.4, -0.2) is 37.2 Å². The van der Waals surface area contributed by atoms with Crippen LogP contribution in [0.25, 0.3) is 10.9 Å². The van der Waals surface area contributed by atoms with Crippen molar-refractivity contribution >= 4 is 50.1 Å². The lowest BCUT2D eigenvalue weighted by Crippen LogP contribution is -2.28. The average molecular weight is 732 g/mol. The number of hydrogen-bond acceptors (Lipinski definition) is 4. The lowest BCUT2D eigenvalue weighted by atomic mass is 9.97. The molecule has 2 N–H and O–H groups in total. The van der Waals surface area contributed by atoms with Crippen molar-refractivity contribution < 1.29 is 27.4 Å². The normalized spacial score (nSPS) is 11.7. The van der Waals surface area contributed by atoms with Gasteiger partial charge in [0.05, 0.1) is 23.1 Å². The lowest BCUT2D eigenvalue weighted by molar-refractivity contribution is 0.0697. The first-order valence-electron chi connectivity index (χ1n) is 15.9. The largest absolute Gasteiger partial charge is 0.493 e. The molecule has 1 heterocycles. The zero-order valence-corrected chi connectivity index (χ0v) is 29.3. The number of carboxylic acid groups (broad SMARTS) is 1. The van der Waals surface area contributed by atoms with E-state index in [2.05, 4.69) is 33.6 Å². The van der Waals surface area contributed by atoms with Crippen LogP contribution in [0.1, 0.15) is 44.3 Å². The standard InChI is InChI=1S/C39H33Cl2FN2O5S/c1-25-34(41)23-30(42)24-37(25)50(47,48)43-20-18-36-32(19-21-49-31-15-12-28(13-16-31)39(45)46)33-22-29(40)14-17-35(33)44(36)38(26-8-4-2-5-9-26)27-10-6-3-7-11-27/h2-17,22-24,38,43H,18-21H2,1H3,(H,45,46). The maximum Gasteiger partial charge on any atom is 0.335 e. The fourth-order valence-electron chi connectivity index (χ4n) is 6.26. The molecule has 11 heteroatoms. The SMILES string of the molecule is Cc1c(Cl)cc(F)cc1S(=O)(=O)NCCc1c(CCOc2ccc(C(=O)O)cc2)c2cc(Cl)ccc2n1C(c1ccccc1)c1ccccc1. The monoisotopic (exact) mass is 730 g/mol. The van der Waals surface area contributed by atoms with Crippen LogP contribution in [0.5, 0.6) is 5.75 Å². The van der Waals surface area contributed by atoms with Gasteiger partial charge in [0, 0.05) is 46.0 Å². The molecule has 256 valence electrons. The highest BCUT2D eigenvalue weighted by Crippen LogP contribution is 2.38. The van der Waals surface area contributed by atoms with Crippen LogP contribution in [-0.2, 0) is 22.9 Å². The van der Waals surface area contributed by atoms with E-state index in [-0.39, 0.29) is 46.7 Å². The molecule has 0 saturated heterocycles. The Morgan fingerprint density at radius 2 is 1.52 bits per heavy atom. The number of aromatic carboxylic acids is 1. The zero-order chi connectivity index (χ0) is 35.4. The predicted molar refractivity (Wildman–Crippen MR) is 195 cm³/mol. The molecule has 6 rings (SSSR count). The number of aromatic nitrogens is 1. The molecule has 1 aromatic heterocycles. The van der Waals surface area contributed by atoms with Crippen molar-refractivity contribution in [3.8, 4) is 5.75 Å². The molecule has 5 aromatic carbocycles. The Labute approximate surface area is 299 Å². The molecular weight excluding hydrogens is 698 g/mol. The van der Waals surface area contributed by atoms with Crippen molar-refractivity contribution in [1.82, 2.24) is 9.29 Å². The topological polar surface area (TPSA) is 97.6 Å². The maximum atomic E-state index is 14.3. The van der Waals surface area contributed by atoms with Gasteiger partial charge in [-0.2, -0.15) is 0 Å². The summed E-state index contributed by atoms with van der Waals surface area (Å²) < 4.78 is 52.2. The van der Waals surface area contributed by atoms with Gasteiger partial charge in [-0.3, -0.25) is 0 Å². The first kappa shape index (κ1) is 35.2. The number of benzene rings is 5. The molecule has 0 bridgehead atoms. The smallest absolute Gasteiger partial charge is 0.335 e. The summed E-state index contributed by atoms with van der Waals surface area (Å²) in [4.78, 5) is 11.1. The Balaban J connectivity index is 1.44. The molecule has 0 fully saturated rings. The Kier molecular flexibility index (Phi) is 10.6. The van der Waals surface area contributed by atoms with E-state index in [9.17, 15) is 22.7 Å². The highest BCUT2D eigenvalue weighted by atomic mass is 35.5. The summed E-state index contributed by atoms with van der Waals surface area (Å²) in [7, 11) is -4.13. The van der Waals surface area contributed by atoms with Crippen LogP contribution in [0.3, 0.4) is 0 Å². The second-order valence-corrected chi connectivity index (χ2v) is 14.3. The number of carbonyl (C=O) groups is 1. The van der Waals surface area contributed by atoms with Crippen molar-refractivity contribution in [3.05, 3.63) is 165 Å². The number of halogens is 3. The summed E-state index contributed by atoms with van der Waals surface area (Å²) in [5, 5.41) is 10.7. The van der Waals surface area contributed by atoms with E-state index >= 15 is 0 Å². The van der Waals surface area contributed by atoms with Crippen LogP contribution >= 0.6 is 23.2 Å². The number of nitrogens with zero attached hydrogens (tertiary/aromatic N) is 1. The van der Waals surface area contributed by atoms with Gasteiger partial charge in [0.15, 0.2) is 0 Å². The average Bonchev–Trinajstić information content (AvgIpc) is 3.39. The van der Waals surface area contributed by atoms with Crippen molar-refractivity contribution in [2.45, 2.75) is 30.7 Å². The van der Waals surface area contributed by atoms with Crippen molar-refractivity contribution in [3.63, 3.8) is 0 Å². The molecular formula is C39H33Cl2FN2O5S. The van der Waals surface area contributed by atoms with Crippen LogP contribution in [0.4, 0.5) is 4.39 Å². The Morgan fingerprint density at radius 1 is 0.880 bits per heavy atom. The van der Waals surface area contributed by atoms with Gasteiger partial charge >= 0.3 is 5.97 Å². The first-order chi connectivity index (χ1) is 24.0. The lowest BCUT2D eigenvalue weighted by Gasteiger charge is -2.25. The number of nitrogens with one attached hydrogen (secondary N) is 1. The van der Waals surface area contributed by atoms with Crippen molar-refractivity contribution in [2.75, 3.05) is 13.2 Å². The number of hydrogen-bond donors (Lipinski definition) is 2.